The van der Waals surface area contributed by atoms with Gasteiger partial charge in [-0.25, -0.2) is 4.98 Å². The Hall–Kier alpha value is -1.01. The maximum Gasteiger partial charge on any atom is 0.225 e. The highest BCUT2D eigenvalue weighted by atomic mass is 32.2. The van der Waals surface area contributed by atoms with E-state index in [0.717, 1.165) is 27.5 Å². The van der Waals surface area contributed by atoms with E-state index in [1.807, 2.05) is 18.8 Å². The van der Waals surface area contributed by atoms with Gasteiger partial charge in [0.1, 0.15) is 10.6 Å². The second-order valence-corrected chi connectivity index (χ2v) is 6.98. The molecule has 2 rings (SSSR count). The topological polar surface area (TPSA) is 49.8 Å². The van der Waals surface area contributed by atoms with Crippen LogP contribution in [-0.4, -0.2) is 34.6 Å². The molecule has 1 atom stereocenters. The van der Waals surface area contributed by atoms with Crippen LogP contribution in [0.3, 0.4) is 0 Å². The lowest BCUT2D eigenvalue weighted by molar-refractivity contribution is 0.904. The van der Waals surface area contributed by atoms with E-state index >= 15 is 0 Å². The van der Waals surface area contributed by atoms with Gasteiger partial charge in [-0.05, 0) is 25.7 Å². The summed E-state index contributed by atoms with van der Waals surface area (Å²) >= 11 is 3.64. The number of fused-ring (bicyclic) bond motifs is 1. The molecule has 0 fully saturated rings. The Labute approximate surface area is 122 Å². The summed E-state index contributed by atoms with van der Waals surface area (Å²) in [6.45, 7) is 6.47. The van der Waals surface area contributed by atoms with Gasteiger partial charge in [0.2, 0.25) is 5.95 Å². The highest BCUT2D eigenvalue weighted by Gasteiger charge is 2.12. The molecule has 0 radical (unpaired) electrons. The number of aryl methyl sites for hydroxylation is 1. The standard InChI is InChI=1S/C13H20N4S2/c1-5-18-7-8(2)15-11-10-6-9(3)19-12(10)17-13(14-4)16-11/h6,8H,5,7H2,1-4H3,(H2,14,15,16,17). The number of nitrogens with zero attached hydrogens (tertiary/aromatic N) is 2. The molecule has 0 aliphatic carbocycles. The van der Waals surface area contributed by atoms with Crippen LogP contribution in [0.5, 0.6) is 0 Å². The molecule has 0 saturated carbocycles. The third-order valence-electron chi connectivity index (χ3n) is 2.69. The Bertz CT molecular complexity index is 553. The van der Waals surface area contributed by atoms with E-state index in [4.69, 9.17) is 0 Å². The number of hydrogen-bond acceptors (Lipinski definition) is 6. The first-order valence-corrected chi connectivity index (χ1v) is 8.41. The molecule has 0 aliphatic heterocycles. The fraction of sp³-hybridized carbons (Fsp3) is 0.538. The highest BCUT2D eigenvalue weighted by Crippen LogP contribution is 2.30. The molecule has 0 aliphatic rings. The normalized spacial score (nSPS) is 12.6. The van der Waals surface area contributed by atoms with Crippen molar-refractivity contribution in [1.82, 2.24) is 9.97 Å². The Kier molecular flexibility index (Phi) is 4.87. The van der Waals surface area contributed by atoms with Crippen LogP contribution in [0, 0.1) is 6.92 Å². The zero-order chi connectivity index (χ0) is 13.8. The molecule has 0 amide bonds. The van der Waals surface area contributed by atoms with Crippen LogP contribution in [0.2, 0.25) is 0 Å². The van der Waals surface area contributed by atoms with Crippen LogP contribution in [0.4, 0.5) is 11.8 Å². The van der Waals surface area contributed by atoms with Gasteiger partial charge in [-0.15, -0.1) is 11.3 Å². The van der Waals surface area contributed by atoms with Crippen LogP contribution in [0.1, 0.15) is 18.7 Å². The van der Waals surface area contributed by atoms with Gasteiger partial charge >= 0.3 is 0 Å². The minimum absolute atomic E-state index is 0.396. The van der Waals surface area contributed by atoms with E-state index in [1.54, 1.807) is 11.3 Å². The van der Waals surface area contributed by atoms with Crippen molar-refractivity contribution in [1.29, 1.82) is 0 Å². The van der Waals surface area contributed by atoms with Crippen molar-refractivity contribution in [2.45, 2.75) is 26.8 Å². The first-order valence-electron chi connectivity index (χ1n) is 6.44. The third kappa shape index (κ3) is 3.51. The molecule has 19 heavy (non-hydrogen) atoms. The monoisotopic (exact) mass is 296 g/mol. The molecule has 0 bridgehead atoms. The Morgan fingerprint density at radius 3 is 2.89 bits per heavy atom. The van der Waals surface area contributed by atoms with Gasteiger partial charge in [-0.3, -0.25) is 0 Å². The van der Waals surface area contributed by atoms with Crippen molar-refractivity contribution >= 4 is 45.1 Å². The van der Waals surface area contributed by atoms with Gasteiger partial charge in [-0.1, -0.05) is 6.92 Å². The van der Waals surface area contributed by atoms with Crippen LogP contribution in [0.25, 0.3) is 10.2 Å². The summed E-state index contributed by atoms with van der Waals surface area (Å²) in [7, 11) is 1.85. The fourth-order valence-electron chi connectivity index (χ4n) is 1.83. The van der Waals surface area contributed by atoms with Gasteiger partial charge in [0.25, 0.3) is 0 Å². The molecule has 0 saturated heterocycles. The fourth-order valence-corrected chi connectivity index (χ4v) is 3.39. The minimum atomic E-state index is 0.396. The molecular formula is C13H20N4S2. The lowest BCUT2D eigenvalue weighted by atomic mass is 10.3. The second kappa shape index (κ2) is 6.43. The molecule has 2 aromatic rings. The predicted octanol–water partition coefficient (Wildman–Crippen LogP) is 3.59. The van der Waals surface area contributed by atoms with Crippen LogP contribution in [0.15, 0.2) is 6.07 Å². The average Bonchev–Trinajstić information content (AvgIpc) is 2.76. The lowest BCUT2D eigenvalue weighted by Gasteiger charge is -2.15. The van der Waals surface area contributed by atoms with Crippen LogP contribution in [-0.2, 0) is 0 Å². The highest BCUT2D eigenvalue weighted by molar-refractivity contribution is 7.99. The zero-order valence-corrected chi connectivity index (χ0v) is 13.4. The van der Waals surface area contributed by atoms with Crippen molar-refractivity contribution in [3.63, 3.8) is 0 Å². The number of hydrogen-bond donors (Lipinski definition) is 2. The number of aromatic nitrogens is 2. The summed E-state index contributed by atoms with van der Waals surface area (Å²) in [5.41, 5.74) is 0. The summed E-state index contributed by atoms with van der Waals surface area (Å²) in [5.74, 6) is 3.83. The van der Waals surface area contributed by atoms with Crippen LogP contribution >= 0.6 is 23.1 Å². The van der Waals surface area contributed by atoms with Crippen LogP contribution < -0.4 is 10.6 Å². The summed E-state index contributed by atoms with van der Waals surface area (Å²) in [5, 5.41) is 7.65. The SMILES string of the molecule is CCSCC(C)Nc1nc(NC)nc2sc(C)cc12. The summed E-state index contributed by atoms with van der Waals surface area (Å²) in [4.78, 5) is 11.3. The Balaban J connectivity index is 2.29. The van der Waals surface area contributed by atoms with Gasteiger partial charge < -0.3 is 10.6 Å². The predicted molar refractivity (Wildman–Crippen MR) is 87.8 cm³/mol. The van der Waals surface area contributed by atoms with Crippen molar-refractivity contribution in [2.24, 2.45) is 0 Å². The van der Waals surface area contributed by atoms with Gasteiger partial charge in [0.05, 0.1) is 5.39 Å². The molecule has 2 heterocycles. The van der Waals surface area contributed by atoms with Crippen molar-refractivity contribution in [3.8, 4) is 0 Å². The van der Waals surface area contributed by atoms with E-state index in [9.17, 15) is 0 Å². The van der Waals surface area contributed by atoms with Gasteiger partial charge in [0.15, 0.2) is 0 Å². The maximum absolute atomic E-state index is 4.54. The summed E-state index contributed by atoms with van der Waals surface area (Å²) < 4.78 is 0. The summed E-state index contributed by atoms with van der Waals surface area (Å²) in [6, 6.07) is 2.55. The molecule has 0 spiro atoms. The molecule has 1 unspecified atom stereocenters. The van der Waals surface area contributed by atoms with E-state index in [2.05, 4.69) is 47.4 Å². The Morgan fingerprint density at radius 2 is 2.21 bits per heavy atom. The maximum atomic E-state index is 4.54. The van der Waals surface area contributed by atoms with E-state index in [-0.39, 0.29) is 0 Å². The zero-order valence-electron chi connectivity index (χ0n) is 11.8. The summed E-state index contributed by atoms with van der Waals surface area (Å²) in [6.07, 6.45) is 0. The van der Waals surface area contributed by atoms with Crippen molar-refractivity contribution in [3.05, 3.63) is 10.9 Å². The van der Waals surface area contributed by atoms with Crippen molar-refractivity contribution < 1.29 is 0 Å². The van der Waals surface area contributed by atoms with E-state index < -0.39 is 0 Å². The number of thiophene rings is 1. The van der Waals surface area contributed by atoms with Gasteiger partial charge in [-0.2, -0.15) is 16.7 Å². The molecule has 6 heteroatoms. The number of anilines is 2. The average molecular weight is 296 g/mol. The smallest absolute Gasteiger partial charge is 0.225 e. The molecule has 2 N–H and O–H groups in total. The third-order valence-corrected chi connectivity index (χ3v) is 4.78. The minimum Gasteiger partial charge on any atom is -0.366 e. The molecule has 2 aromatic heterocycles. The van der Waals surface area contributed by atoms with Gasteiger partial charge in [0, 0.05) is 23.7 Å². The van der Waals surface area contributed by atoms with Crippen molar-refractivity contribution in [2.75, 3.05) is 29.2 Å². The first kappa shape index (κ1) is 14.4. The second-order valence-electron chi connectivity index (χ2n) is 4.43. The first-order chi connectivity index (χ1) is 9.13. The largest absolute Gasteiger partial charge is 0.366 e. The number of nitrogens with one attached hydrogen (secondary N) is 2. The lowest BCUT2D eigenvalue weighted by Crippen LogP contribution is -2.19. The quantitative estimate of drug-likeness (QED) is 0.853. The number of thioether (sulfide) groups is 1. The molecule has 104 valence electrons. The number of rotatable bonds is 6. The Morgan fingerprint density at radius 1 is 1.42 bits per heavy atom. The molecular weight excluding hydrogens is 276 g/mol. The molecule has 0 aromatic carbocycles. The van der Waals surface area contributed by atoms with E-state index in [1.165, 1.54) is 4.88 Å². The molecule has 4 nitrogen and oxygen atoms in total. The van der Waals surface area contributed by atoms with E-state index in [0.29, 0.717) is 12.0 Å².